The van der Waals surface area contributed by atoms with Crippen LogP contribution in [0.1, 0.15) is 11.1 Å². The lowest BCUT2D eigenvalue weighted by Crippen LogP contribution is -2.17. The molecule has 0 atom stereocenters. The van der Waals surface area contributed by atoms with Gasteiger partial charge < -0.3 is 10.2 Å². The van der Waals surface area contributed by atoms with Crippen LogP contribution in [-0.4, -0.2) is 16.9 Å². The van der Waals surface area contributed by atoms with Gasteiger partial charge in [0.15, 0.2) is 0 Å². The predicted octanol–water partition coefficient (Wildman–Crippen LogP) is 3.04. The average molecular weight is 267 g/mol. The van der Waals surface area contributed by atoms with E-state index in [-0.39, 0.29) is 0 Å². The highest BCUT2D eigenvalue weighted by Gasteiger charge is 2.08. The van der Waals surface area contributed by atoms with Crippen molar-refractivity contribution in [3.8, 4) is 0 Å². The summed E-state index contributed by atoms with van der Waals surface area (Å²) in [4.78, 5) is 6.69. The van der Waals surface area contributed by atoms with Gasteiger partial charge in [-0.2, -0.15) is 0 Å². The van der Waals surface area contributed by atoms with E-state index in [2.05, 4.69) is 23.0 Å². The molecule has 0 spiro atoms. The number of furan rings is 1. The van der Waals surface area contributed by atoms with Crippen molar-refractivity contribution in [3.05, 3.63) is 60.2 Å². The Balaban J connectivity index is 1.85. The third kappa shape index (κ3) is 2.51. The second-order valence-electron chi connectivity index (χ2n) is 5.02. The van der Waals surface area contributed by atoms with Crippen molar-refractivity contribution >= 4 is 16.6 Å². The van der Waals surface area contributed by atoms with E-state index < -0.39 is 0 Å². The van der Waals surface area contributed by atoms with Crippen LogP contribution < -0.4 is 5.73 Å². The minimum atomic E-state index is 0.773. The van der Waals surface area contributed by atoms with Crippen molar-refractivity contribution < 1.29 is 4.42 Å². The summed E-state index contributed by atoms with van der Waals surface area (Å²) < 4.78 is 5.10. The summed E-state index contributed by atoms with van der Waals surface area (Å²) in [5, 5.41) is 1.02. The maximum absolute atomic E-state index is 6.00. The number of nitrogens with zero attached hydrogens (tertiary/aromatic N) is 2. The van der Waals surface area contributed by atoms with Crippen LogP contribution in [0, 0.1) is 0 Å². The Kier molecular flexibility index (Phi) is 3.39. The van der Waals surface area contributed by atoms with Crippen LogP contribution in [0.5, 0.6) is 0 Å². The Morgan fingerprint density at radius 3 is 2.90 bits per heavy atom. The second-order valence-corrected chi connectivity index (χ2v) is 5.02. The van der Waals surface area contributed by atoms with E-state index in [1.807, 2.05) is 24.3 Å². The summed E-state index contributed by atoms with van der Waals surface area (Å²) in [6, 6.07) is 9.91. The molecule has 0 radical (unpaired) electrons. The quantitative estimate of drug-likeness (QED) is 0.738. The molecule has 20 heavy (non-hydrogen) atoms. The lowest BCUT2D eigenvalue weighted by molar-refractivity contribution is 0.319. The van der Waals surface area contributed by atoms with Gasteiger partial charge in [-0.3, -0.25) is 9.88 Å². The van der Waals surface area contributed by atoms with Crippen LogP contribution in [-0.2, 0) is 13.1 Å². The molecule has 3 aromatic rings. The summed E-state index contributed by atoms with van der Waals surface area (Å²) in [6.07, 6.45) is 5.28. The molecule has 0 aliphatic rings. The number of fused-ring (bicyclic) bond motifs is 1. The van der Waals surface area contributed by atoms with Crippen LogP contribution >= 0.6 is 0 Å². The maximum Gasteiger partial charge on any atom is 0.0947 e. The van der Waals surface area contributed by atoms with Gasteiger partial charge in [0.25, 0.3) is 0 Å². The molecule has 0 aliphatic carbocycles. The van der Waals surface area contributed by atoms with E-state index in [0.29, 0.717) is 0 Å². The molecule has 2 heterocycles. The van der Waals surface area contributed by atoms with E-state index in [0.717, 1.165) is 29.7 Å². The van der Waals surface area contributed by atoms with Crippen molar-refractivity contribution in [2.45, 2.75) is 13.1 Å². The van der Waals surface area contributed by atoms with Crippen molar-refractivity contribution in [1.82, 2.24) is 9.88 Å². The van der Waals surface area contributed by atoms with Gasteiger partial charge in [-0.25, -0.2) is 0 Å². The highest BCUT2D eigenvalue weighted by atomic mass is 16.3. The SMILES string of the molecule is CN(Cc1ccoc1)Cc1ccc(N)c2cccnc12. The average Bonchev–Trinajstić information content (AvgIpc) is 2.95. The fraction of sp³-hybridized carbons (Fsp3) is 0.188. The fourth-order valence-corrected chi connectivity index (χ4v) is 2.42. The number of rotatable bonds is 4. The standard InChI is InChI=1S/C16H17N3O/c1-19(9-12-6-8-20-11-12)10-13-4-5-15(17)14-3-2-7-18-16(13)14/h2-8,11H,9-10,17H2,1H3. The number of anilines is 1. The number of nitrogens with two attached hydrogens (primary N) is 1. The summed E-state index contributed by atoms with van der Waals surface area (Å²) in [7, 11) is 2.08. The van der Waals surface area contributed by atoms with Gasteiger partial charge >= 0.3 is 0 Å². The maximum atomic E-state index is 6.00. The van der Waals surface area contributed by atoms with E-state index >= 15 is 0 Å². The number of hydrogen-bond acceptors (Lipinski definition) is 4. The molecule has 0 fully saturated rings. The molecule has 0 bridgehead atoms. The molecule has 0 aliphatic heterocycles. The van der Waals surface area contributed by atoms with Crippen LogP contribution in [0.4, 0.5) is 5.69 Å². The number of aromatic nitrogens is 1. The largest absolute Gasteiger partial charge is 0.472 e. The Labute approximate surface area is 117 Å². The summed E-state index contributed by atoms with van der Waals surface area (Å²) in [6.45, 7) is 1.66. The molecular formula is C16H17N3O. The molecule has 102 valence electrons. The van der Waals surface area contributed by atoms with Gasteiger partial charge in [0.1, 0.15) is 0 Å². The third-order valence-corrected chi connectivity index (χ3v) is 3.36. The van der Waals surface area contributed by atoms with Crippen molar-refractivity contribution in [1.29, 1.82) is 0 Å². The lowest BCUT2D eigenvalue weighted by atomic mass is 10.1. The zero-order valence-corrected chi connectivity index (χ0v) is 11.4. The highest BCUT2D eigenvalue weighted by molar-refractivity contribution is 5.92. The number of benzene rings is 1. The number of pyridine rings is 1. The Hall–Kier alpha value is -2.33. The Morgan fingerprint density at radius 2 is 2.10 bits per heavy atom. The van der Waals surface area contributed by atoms with Crippen LogP contribution in [0.2, 0.25) is 0 Å². The van der Waals surface area contributed by atoms with Gasteiger partial charge in [0, 0.05) is 35.9 Å². The van der Waals surface area contributed by atoms with Gasteiger partial charge in [0.2, 0.25) is 0 Å². The molecule has 2 N–H and O–H groups in total. The van der Waals surface area contributed by atoms with E-state index in [9.17, 15) is 0 Å². The number of nitrogen functional groups attached to an aromatic ring is 1. The van der Waals surface area contributed by atoms with E-state index in [1.54, 1.807) is 18.7 Å². The molecule has 1 aromatic carbocycles. The van der Waals surface area contributed by atoms with Gasteiger partial charge in [-0.05, 0) is 36.9 Å². The predicted molar refractivity (Wildman–Crippen MR) is 80.0 cm³/mol. The summed E-state index contributed by atoms with van der Waals surface area (Å²) >= 11 is 0. The van der Waals surface area contributed by atoms with Gasteiger partial charge in [0.05, 0.1) is 18.0 Å². The normalized spacial score (nSPS) is 11.3. The molecule has 4 heteroatoms. The van der Waals surface area contributed by atoms with Crippen molar-refractivity contribution in [2.24, 2.45) is 0 Å². The molecule has 0 saturated carbocycles. The van der Waals surface area contributed by atoms with Gasteiger partial charge in [-0.1, -0.05) is 6.07 Å². The Bertz CT molecular complexity index is 707. The van der Waals surface area contributed by atoms with Crippen LogP contribution in [0.3, 0.4) is 0 Å². The summed E-state index contributed by atoms with van der Waals surface area (Å²) in [5.41, 5.74) is 10.1. The number of hydrogen-bond donors (Lipinski definition) is 1. The van der Waals surface area contributed by atoms with E-state index in [1.165, 1.54) is 11.1 Å². The van der Waals surface area contributed by atoms with Crippen LogP contribution in [0.25, 0.3) is 10.9 Å². The highest BCUT2D eigenvalue weighted by Crippen LogP contribution is 2.23. The van der Waals surface area contributed by atoms with Gasteiger partial charge in [-0.15, -0.1) is 0 Å². The van der Waals surface area contributed by atoms with Crippen LogP contribution in [0.15, 0.2) is 53.5 Å². The first-order valence-electron chi connectivity index (χ1n) is 6.56. The molecule has 0 unspecified atom stereocenters. The molecular weight excluding hydrogens is 250 g/mol. The van der Waals surface area contributed by atoms with Crippen molar-refractivity contribution in [3.63, 3.8) is 0 Å². The molecule has 4 nitrogen and oxygen atoms in total. The fourth-order valence-electron chi connectivity index (χ4n) is 2.42. The smallest absolute Gasteiger partial charge is 0.0947 e. The minimum Gasteiger partial charge on any atom is -0.472 e. The topological polar surface area (TPSA) is 55.3 Å². The lowest BCUT2D eigenvalue weighted by Gasteiger charge is -2.17. The Morgan fingerprint density at radius 1 is 1.20 bits per heavy atom. The first kappa shape index (κ1) is 12.7. The van der Waals surface area contributed by atoms with Crippen molar-refractivity contribution in [2.75, 3.05) is 12.8 Å². The zero-order valence-electron chi connectivity index (χ0n) is 11.4. The zero-order chi connectivity index (χ0) is 13.9. The minimum absolute atomic E-state index is 0.773. The molecule has 3 rings (SSSR count). The third-order valence-electron chi connectivity index (χ3n) is 3.36. The first-order chi connectivity index (χ1) is 9.74. The first-order valence-corrected chi connectivity index (χ1v) is 6.56. The molecule has 0 saturated heterocycles. The molecule has 2 aromatic heterocycles. The monoisotopic (exact) mass is 267 g/mol. The van der Waals surface area contributed by atoms with E-state index in [4.69, 9.17) is 10.2 Å². The summed E-state index contributed by atoms with van der Waals surface area (Å²) in [5.74, 6) is 0. The second kappa shape index (κ2) is 5.35. The molecule has 0 amide bonds.